The molecule has 1 amide bonds. The van der Waals surface area contributed by atoms with Gasteiger partial charge in [0.15, 0.2) is 5.65 Å². The number of piperidine rings is 1. The van der Waals surface area contributed by atoms with Gasteiger partial charge in [0.05, 0.1) is 18.5 Å². The average molecular weight is 654 g/mol. The molecule has 2 fully saturated rings. The van der Waals surface area contributed by atoms with Crippen molar-refractivity contribution in [1.29, 1.82) is 0 Å². The summed E-state index contributed by atoms with van der Waals surface area (Å²) in [6.07, 6.45) is 4.84. The number of hydrogen-bond donors (Lipinski definition) is 2. The maximum atomic E-state index is 13.8. The number of anilines is 4. The predicted octanol–water partition coefficient (Wildman–Crippen LogP) is 3.62. The second-order valence-corrected chi connectivity index (χ2v) is 12.6. The summed E-state index contributed by atoms with van der Waals surface area (Å²) in [5.41, 5.74) is 1.70. The van der Waals surface area contributed by atoms with Crippen LogP contribution in [0.1, 0.15) is 32.7 Å². The molecule has 13 nitrogen and oxygen atoms in total. The van der Waals surface area contributed by atoms with Crippen LogP contribution in [0.5, 0.6) is 5.75 Å². The summed E-state index contributed by atoms with van der Waals surface area (Å²) < 4.78 is 8.31. The van der Waals surface area contributed by atoms with Crippen LogP contribution in [0.25, 0.3) is 16.7 Å². The van der Waals surface area contributed by atoms with Gasteiger partial charge in [-0.15, -0.1) is 0 Å². The van der Waals surface area contributed by atoms with Crippen LogP contribution in [0.15, 0.2) is 70.9 Å². The molecular weight excluding hydrogens is 610 g/mol. The van der Waals surface area contributed by atoms with Crippen LogP contribution in [0.2, 0.25) is 0 Å². The average Bonchev–Trinajstić information content (AvgIpc) is 3.09. The Morgan fingerprint density at radius 1 is 1.02 bits per heavy atom. The Bertz CT molecular complexity index is 1940. The van der Waals surface area contributed by atoms with E-state index >= 15 is 0 Å². The zero-order valence-corrected chi connectivity index (χ0v) is 28.0. The molecule has 0 unspecified atom stereocenters. The highest BCUT2D eigenvalue weighted by Gasteiger charge is 2.27. The van der Waals surface area contributed by atoms with Crippen LogP contribution in [0.3, 0.4) is 0 Å². The first-order chi connectivity index (χ1) is 23.2. The molecule has 2 aromatic heterocycles. The molecule has 2 saturated heterocycles. The first-order valence-corrected chi connectivity index (χ1v) is 16.4. The number of carbonyl (C=O) groups excluding carboxylic acids is 1. The van der Waals surface area contributed by atoms with Gasteiger partial charge in [0.2, 0.25) is 11.9 Å². The number of aromatic nitrogens is 4. The molecule has 0 spiro atoms. The Balaban J connectivity index is 1.29. The Morgan fingerprint density at radius 2 is 1.77 bits per heavy atom. The molecule has 0 atom stereocenters. The number of carbonyl (C=O) groups is 1. The van der Waals surface area contributed by atoms with E-state index < -0.39 is 17.3 Å². The third-order valence-electron chi connectivity index (χ3n) is 9.22. The van der Waals surface area contributed by atoms with Crippen molar-refractivity contribution in [3.05, 3.63) is 82.2 Å². The van der Waals surface area contributed by atoms with E-state index in [9.17, 15) is 14.4 Å². The summed E-state index contributed by atoms with van der Waals surface area (Å²) in [7, 11) is 3.81. The van der Waals surface area contributed by atoms with Crippen molar-refractivity contribution < 1.29 is 9.53 Å². The third kappa shape index (κ3) is 6.69. The van der Waals surface area contributed by atoms with Gasteiger partial charge in [-0.3, -0.25) is 19.1 Å². The monoisotopic (exact) mass is 653 g/mol. The Morgan fingerprint density at radius 3 is 2.46 bits per heavy atom. The number of ether oxygens (including phenoxy) is 1. The fraction of sp³-hybridized carbons (Fsp3) is 0.400. The first kappa shape index (κ1) is 32.9. The lowest BCUT2D eigenvalue weighted by molar-refractivity contribution is -0.111. The molecule has 4 aromatic rings. The molecule has 2 aliphatic heterocycles. The van der Waals surface area contributed by atoms with E-state index in [0.29, 0.717) is 28.9 Å². The number of likely N-dealkylation sites (N-methyl/N-ethyl adjacent to an activating group) is 1. The fourth-order valence-electron chi connectivity index (χ4n) is 6.55. The van der Waals surface area contributed by atoms with Gasteiger partial charge in [-0.1, -0.05) is 12.6 Å². The number of nitrogens with one attached hydrogen (secondary N) is 2. The van der Waals surface area contributed by atoms with Gasteiger partial charge in [-0.05, 0) is 70.1 Å². The van der Waals surface area contributed by atoms with Gasteiger partial charge in [0, 0.05) is 75.0 Å². The van der Waals surface area contributed by atoms with Crippen molar-refractivity contribution in [2.75, 3.05) is 69.0 Å². The maximum Gasteiger partial charge on any atom is 0.337 e. The molecule has 0 bridgehead atoms. The summed E-state index contributed by atoms with van der Waals surface area (Å²) >= 11 is 0. The minimum atomic E-state index is -0.558. The lowest BCUT2D eigenvalue weighted by atomic mass is 10.0. The van der Waals surface area contributed by atoms with Gasteiger partial charge < -0.3 is 25.2 Å². The van der Waals surface area contributed by atoms with Crippen molar-refractivity contribution in [2.45, 2.75) is 38.8 Å². The van der Waals surface area contributed by atoms with Crippen molar-refractivity contribution in [3.8, 4) is 11.4 Å². The number of methoxy groups -OCH3 is 1. The van der Waals surface area contributed by atoms with Gasteiger partial charge in [0.1, 0.15) is 11.1 Å². The topological polar surface area (TPSA) is 130 Å². The Hall–Kier alpha value is -5.01. The highest BCUT2D eigenvalue weighted by Crippen LogP contribution is 2.33. The summed E-state index contributed by atoms with van der Waals surface area (Å²) in [5.74, 6) is 0.420. The molecule has 2 aromatic carbocycles. The van der Waals surface area contributed by atoms with Crippen LogP contribution in [0.4, 0.5) is 23.0 Å². The molecule has 0 radical (unpaired) electrons. The second-order valence-electron chi connectivity index (χ2n) is 12.6. The fourth-order valence-corrected chi connectivity index (χ4v) is 6.55. The number of rotatable bonds is 9. The minimum absolute atomic E-state index is 0.130. The van der Waals surface area contributed by atoms with Crippen molar-refractivity contribution in [3.63, 3.8) is 0 Å². The summed E-state index contributed by atoms with van der Waals surface area (Å²) in [5, 5.41) is 6.12. The highest BCUT2D eigenvalue weighted by molar-refractivity contribution is 5.99. The minimum Gasteiger partial charge on any atom is -0.494 e. The molecule has 252 valence electrons. The van der Waals surface area contributed by atoms with Crippen molar-refractivity contribution >= 4 is 40.0 Å². The van der Waals surface area contributed by atoms with Crippen LogP contribution in [-0.4, -0.2) is 94.3 Å². The summed E-state index contributed by atoms with van der Waals surface area (Å²) in [4.78, 5) is 55.8. The highest BCUT2D eigenvalue weighted by atomic mass is 16.5. The van der Waals surface area contributed by atoms with E-state index in [4.69, 9.17) is 4.74 Å². The Kier molecular flexibility index (Phi) is 9.60. The molecular formula is C35H43N9O4. The SMILES string of the molecule is C=CC(=O)Nc1cccc(-n2c(=O)n(C(C)C)c(=O)c3cnc(Nc4ccc(N5CCC(N6CCN(C)CC6)CC5)cc4OC)nc32)c1. The number of piperazine rings is 1. The van der Waals surface area contributed by atoms with Crippen LogP contribution >= 0.6 is 0 Å². The molecule has 0 aliphatic carbocycles. The molecule has 48 heavy (non-hydrogen) atoms. The Labute approximate surface area is 279 Å². The molecule has 13 heteroatoms. The quantitative estimate of drug-likeness (QED) is 0.259. The molecule has 4 heterocycles. The number of amides is 1. The van der Waals surface area contributed by atoms with Crippen LogP contribution in [-0.2, 0) is 4.79 Å². The van der Waals surface area contributed by atoms with Gasteiger partial charge in [-0.25, -0.2) is 14.3 Å². The van der Waals surface area contributed by atoms with Crippen molar-refractivity contribution in [1.82, 2.24) is 28.9 Å². The van der Waals surface area contributed by atoms with Crippen LogP contribution in [0, 0.1) is 0 Å². The first-order valence-electron chi connectivity index (χ1n) is 16.4. The van der Waals surface area contributed by atoms with E-state index in [0.717, 1.165) is 63.9 Å². The number of benzene rings is 2. The van der Waals surface area contributed by atoms with Crippen molar-refractivity contribution in [2.24, 2.45) is 0 Å². The molecule has 6 rings (SSSR count). The molecule has 2 N–H and O–H groups in total. The number of nitrogens with zero attached hydrogens (tertiary/aromatic N) is 7. The smallest absolute Gasteiger partial charge is 0.337 e. The lowest BCUT2D eigenvalue weighted by Gasteiger charge is -2.42. The van der Waals surface area contributed by atoms with E-state index in [1.54, 1.807) is 45.2 Å². The molecule has 0 saturated carbocycles. The zero-order valence-electron chi connectivity index (χ0n) is 28.0. The zero-order chi connectivity index (χ0) is 33.9. The third-order valence-corrected chi connectivity index (χ3v) is 9.22. The summed E-state index contributed by atoms with van der Waals surface area (Å²) in [6.45, 7) is 13.5. The van der Waals surface area contributed by atoms with E-state index in [1.165, 1.54) is 15.3 Å². The largest absolute Gasteiger partial charge is 0.494 e. The predicted molar refractivity (Wildman–Crippen MR) is 189 cm³/mol. The molecule has 2 aliphatic rings. The number of fused-ring (bicyclic) bond motifs is 1. The van der Waals surface area contributed by atoms with Gasteiger partial charge in [-0.2, -0.15) is 4.98 Å². The van der Waals surface area contributed by atoms with Gasteiger partial charge >= 0.3 is 5.69 Å². The number of hydrogen-bond acceptors (Lipinski definition) is 10. The van der Waals surface area contributed by atoms with E-state index in [1.807, 2.05) is 12.1 Å². The summed E-state index contributed by atoms with van der Waals surface area (Å²) in [6, 6.07) is 13.0. The van der Waals surface area contributed by atoms with E-state index in [-0.39, 0.29) is 22.9 Å². The van der Waals surface area contributed by atoms with E-state index in [2.05, 4.69) is 55.0 Å². The van der Waals surface area contributed by atoms with Gasteiger partial charge in [0.25, 0.3) is 5.56 Å². The second kappa shape index (κ2) is 14.0. The normalized spacial score (nSPS) is 16.3. The lowest BCUT2D eigenvalue weighted by Crippen LogP contribution is -2.52. The van der Waals surface area contributed by atoms with Crippen LogP contribution < -0.4 is 31.5 Å². The standard InChI is InChI=1S/C35H43N9O4/c1-6-31(45)37-24-8-7-9-27(20-24)44-32-28(33(46)43(23(2)3)35(44)47)22-36-34(39-32)38-29-11-10-26(21-30(29)48-5)41-14-12-25(13-15-41)42-18-16-40(4)17-19-42/h6-11,20-23,25H,1,12-19H2,2-5H3,(H,37,45)(H,36,38,39). The maximum absolute atomic E-state index is 13.8.